The topological polar surface area (TPSA) is 3.24 Å². The van der Waals surface area contributed by atoms with Crippen molar-refractivity contribution >= 4 is 5.69 Å². The van der Waals surface area contributed by atoms with Crippen molar-refractivity contribution in [2.75, 3.05) is 18.0 Å². The van der Waals surface area contributed by atoms with Crippen molar-refractivity contribution in [3.8, 4) is 0 Å². The Kier molecular flexibility index (Phi) is 5.41. The van der Waals surface area contributed by atoms with Crippen LogP contribution in [0.25, 0.3) is 0 Å². The highest BCUT2D eigenvalue weighted by Crippen LogP contribution is 2.14. The molecule has 0 aliphatic heterocycles. The highest BCUT2D eigenvalue weighted by atomic mass is 15.1. The molecule has 86 valence electrons. The molecule has 1 aromatic rings. The van der Waals surface area contributed by atoms with Gasteiger partial charge in [0.2, 0.25) is 0 Å². The predicted octanol–water partition coefficient (Wildman–Crippen LogP) is 3.95. The molecule has 0 aliphatic rings. The summed E-state index contributed by atoms with van der Waals surface area (Å²) in [5, 5.41) is 0. The molecule has 0 fully saturated rings. The van der Waals surface area contributed by atoms with E-state index in [1.807, 2.05) is 0 Å². The normalized spacial score (nSPS) is 11.4. The summed E-state index contributed by atoms with van der Waals surface area (Å²) >= 11 is 0. The maximum atomic E-state index is 2.35. The Morgan fingerprint density at radius 2 is 1.44 bits per heavy atom. The highest BCUT2D eigenvalue weighted by molar-refractivity contribution is 5.48. The Hall–Kier alpha value is -1.50. The average Bonchev–Trinajstić information content (AvgIpc) is 2.31. The quantitative estimate of drug-likeness (QED) is 0.672. The van der Waals surface area contributed by atoms with E-state index in [9.17, 15) is 0 Å². The molecular weight excluding hydrogens is 194 g/mol. The van der Waals surface area contributed by atoms with Crippen LogP contribution in [0.2, 0.25) is 0 Å². The Balaban J connectivity index is 2.77. The minimum absolute atomic E-state index is 0.962. The van der Waals surface area contributed by atoms with Crippen LogP contribution in [-0.2, 0) is 0 Å². The van der Waals surface area contributed by atoms with Crippen LogP contribution >= 0.6 is 0 Å². The van der Waals surface area contributed by atoms with Crippen molar-refractivity contribution in [3.05, 3.63) is 54.1 Å². The van der Waals surface area contributed by atoms with Crippen molar-refractivity contribution in [2.45, 2.75) is 20.8 Å². The number of hydrogen-bond donors (Lipinski definition) is 0. The first-order chi connectivity index (χ1) is 7.77. The fraction of sp³-hybridized carbons (Fsp3) is 0.333. The molecule has 0 saturated heterocycles. The van der Waals surface area contributed by atoms with E-state index in [1.54, 1.807) is 0 Å². The molecular formula is C15H21N. The fourth-order valence-electron chi connectivity index (χ4n) is 1.51. The molecule has 0 aliphatic carbocycles. The lowest BCUT2D eigenvalue weighted by Gasteiger charge is -2.21. The van der Waals surface area contributed by atoms with Gasteiger partial charge in [-0.25, -0.2) is 0 Å². The zero-order chi connectivity index (χ0) is 11.8. The summed E-state index contributed by atoms with van der Waals surface area (Å²) in [7, 11) is 0. The van der Waals surface area contributed by atoms with Gasteiger partial charge in [-0.2, -0.15) is 0 Å². The smallest absolute Gasteiger partial charge is 0.0372 e. The Labute approximate surface area is 99.1 Å². The zero-order valence-corrected chi connectivity index (χ0v) is 10.5. The second-order valence-corrected chi connectivity index (χ2v) is 3.88. The molecule has 0 bridgehead atoms. The van der Waals surface area contributed by atoms with Gasteiger partial charge in [0.05, 0.1) is 0 Å². The van der Waals surface area contributed by atoms with Gasteiger partial charge in [-0.1, -0.05) is 42.0 Å². The van der Waals surface area contributed by atoms with Crippen LogP contribution < -0.4 is 4.90 Å². The lowest BCUT2D eigenvalue weighted by Crippen LogP contribution is -2.23. The Morgan fingerprint density at radius 3 is 1.88 bits per heavy atom. The monoisotopic (exact) mass is 215 g/mol. The van der Waals surface area contributed by atoms with Gasteiger partial charge in [0, 0.05) is 18.8 Å². The number of hydrogen-bond acceptors (Lipinski definition) is 1. The third-order valence-corrected chi connectivity index (χ3v) is 2.52. The number of aryl methyl sites for hydroxylation is 1. The first-order valence-corrected chi connectivity index (χ1v) is 5.82. The lowest BCUT2D eigenvalue weighted by molar-refractivity contribution is 0.951. The van der Waals surface area contributed by atoms with E-state index in [0.717, 1.165) is 13.1 Å². The molecule has 0 heterocycles. The average molecular weight is 215 g/mol. The van der Waals surface area contributed by atoms with E-state index in [1.165, 1.54) is 11.3 Å². The first-order valence-electron chi connectivity index (χ1n) is 5.82. The van der Waals surface area contributed by atoms with Gasteiger partial charge in [0.1, 0.15) is 0 Å². The molecule has 0 radical (unpaired) electrons. The molecule has 0 atom stereocenters. The number of nitrogens with zero attached hydrogens (tertiary/aromatic N) is 1. The Bertz CT molecular complexity index is 332. The predicted molar refractivity (Wildman–Crippen MR) is 73.0 cm³/mol. The van der Waals surface area contributed by atoms with Crippen LogP contribution in [0.3, 0.4) is 0 Å². The standard InChI is InChI=1S/C15H21N/c1-4-6-12-16(13-7-5-2)15-10-8-14(3)9-11-15/h4-11H,12-13H2,1-3H3/b6-4-,7-5+. The van der Waals surface area contributed by atoms with E-state index in [2.05, 4.69) is 74.2 Å². The zero-order valence-electron chi connectivity index (χ0n) is 10.5. The summed E-state index contributed by atoms with van der Waals surface area (Å²) in [6, 6.07) is 8.69. The Morgan fingerprint density at radius 1 is 0.938 bits per heavy atom. The van der Waals surface area contributed by atoms with E-state index in [-0.39, 0.29) is 0 Å². The van der Waals surface area contributed by atoms with E-state index >= 15 is 0 Å². The molecule has 1 nitrogen and oxygen atoms in total. The molecule has 0 aromatic heterocycles. The molecule has 1 aromatic carbocycles. The molecule has 0 N–H and O–H groups in total. The minimum Gasteiger partial charge on any atom is -0.364 e. The lowest BCUT2D eigenvalue weighted by atomic mass is 10.2. The summed E-state index contributed by atoms with van der Waals surface area (Å²) in [4.78, 5) is 2.35. The van der Waals surface area contributed by atoms with Crippen molar-refractivity contribution in [3.63, 3.8) is 0 Å². The molecule has 0 spiro atoms. The third kappa shape index (κ3) is 3.93. The van der Waals surface area contributed by atoms with Crippen LogP contribution in [0.5, 0.6) is 0 Å². The van der Waals surface area contributed by atoms with Crippen molar-refractivity contribution in [1.29, 1.82) is 0 Å². The van der Waals surface area contributed by atoms with Gasteiger partial charge in [0.15, 0.2) is 0 Å². The second kappa shape index (κ2) is 6.89. The SMILES string of the molecule is C/C=C\CN(C/C=C/C)c1ccc(C)cc1. The summed E-state index contributed by atoms with van der Waals surface area (Å²) in [6.45, 7) is 8.16. The van der Waals surface area contributed by atoms with Crippen LogP contribution in [0, 0.1) is 6.92 Å². The van der Waals surface area contributed by atoms with Crippen LogP contribution in [-0.4, -0.2) is 13.1 Å². The number of anilines is 1. The molecule has 0 unspecified atom stereocenters. The second-order valence-electron chi connectivity index (χ2n) is 3.88. The number of allylic oxidation sites excluding steroid dienone is 2. The van der Waals surface area contributed by atoms with Crippen molar-refractivity contribution in [2.24, 2.45) is 0 Å². The maximum absolute atomic E-state index is 2.35. The van der Waals surface area contributed by atoms with Crippen LogP contribution in [0.4, 0.5) is 5.69 Å². The molecule has 1 rings (SSSR count). The van der Waals surface area contributed by atoms with Crippen molar-refractivity contribution < 1.29 is 0 Å². The van der Waals surface area contributed by atoms with Crippen LogP contribution in [0.15, 0.2) is 48.6 Å². The summed E-state index contributed by atoms with van der Waals surface area (Å²) < 4.78 is 0. The largest absolute Gasteiger partial charge is 0.364 e. The van der Waals surface area contributed by atoms with Gasteiger partial charge in [-0.15, -0.1) is 0 Å². The highest BCUT2D eigenvalue weighted by Gasteiger charge is 2.01. The van der Waals surface area contributed by atoms with E-state index in [4.69, 9.17) is 0 Å². The minimum atomic E-state index is 0.962. The summed E-state index contributed by atoms with van der Waals surface area (Å²) in [5.74, 6) is 0. The first kappa shape index (κ1) is 12.6. The third-order valence-electron chi connectivity index (χ3n) is 2.52. The molecule has 16 heavy (non-hydrogen) atoms. The van der Waals surface area contributed by atoms with Crippen molar-refractivity contribution in [1.82, 2.24) is 0 Å². The molecule has 1 heteroatoms. The van der Waals surface area contributed by atoms with E-state index < -0.39 is 0 Å². The number of benzene rings is 1. The van der Waals surface area contributed by atoms with Gasteiger partial charge in [-0.05, 0) is 32.9 Å². The number of rotatable bonds is 5. The summed E-state index contributed by atoms with van der Waals surface area (Å²) in [6.07, 6.45) is 8.56. The van der Waals surface area contributed by atoms with E-state index in [0.29, 0.717) is 0 Å². The maximum Gasteiger partial charge on any atom is 0.0372 e. The van der Waals surface area contributed by atoms with Gasteiger partial charge in [0.25, 0.3) is 0 Å². The molecule has 0 saturated carbocycles. The summed E-state index contributed by atoms with van der Waals surface area (Å²) in [5.41, 5.74) is 2.59. The van der Waals surface area contributed by atoms with Crippen LogP contribution in [0.1, 0.15) is 19.4 Å². The van der Waals surface area contributed by atoms with Gasteiger partial charge < -0.3 is 4.90 Å². The van der Waals surface area contributed by atoms with Gasteiger partial charge in [-0.3, -0.25) is 0 Å². The van der Waals surface area contributed by atoms with Gasteiger partial charge >= 0.3 is 0 Å². The fourth-order valence-corrected chi connectivity index (χ4v) is 1.51. The molecule has 0 amide bonds.